The van der Waals surface area contributed by atoms with Crippen LogP contribution in [0.3, 0.4) is 0 Å². The number of aliphatic hydroxyl groups is 1. The first-order valence-electron chi connectivity index (χ1n) is 9.01. The van der Waals surface area contributed by atoms with Gasteiger partial charge in [0.25, 0.3) is 0 Å². The maximum atomic E-state index is 10.8. The Morgan fingerprint density at radius 2 is 2.09 bits per heavy atom. The topological polar surface area (TPSA) is 39.3 Å². The molecule has 23 heavy (non-hydrogen) atoms. The van der Waals surface area contributed by atoms with E-state index in [1.165, 1.54) is 22.2 Å². The number of H-pyrrole nitrogens is 1. The van der Waals surface area contributed by atoms with Crippen LogP contribution in [0.5, 0.6) is 0 Å². The Bertz CT molecular complexity index is 727. The number of aromatic amines is 1. The number of piperidine rings is 1. The first-order valence-corrected chi connectivity index (χ1v) is 9.01. The Morgan fingerprint density at radius 1 is 1.30 bits per heavy atom. The summed E-state index contributed by atoms with van der Waals surface area (Å²) in [4.78, 5) is 6.33. The lowest BCUT2D eigenvalue weighted by atomic mass is 9.63. The van der Waals surface area contributed by atoms with Gasteiger partial charge in [0.2, 0.25) is 0 Å². The smallest absolute Gasteiger partial charge is 0.0648 e. The Kier molecular flexibility index (Phi) is 3.37. The highest BCUT2D eigenvalue weighted by atomic mass is 16.3. The molecule has 1 aromatic carbocycles. The number of hydrogen-bond donors (Lipinski definition) is 2. The summed E-state index contributed by atoms with van der Waals surface area (Å²) in [5.41, 5.74) is 3.55. The van der Waals surface area contributed by atoms with Crippen LogP contribution in [0, 0.1) is 5.41 Å². The minimum atomic E-state index is -0.628. The molecular weight excluding hydrogens is 284 g/mol. The SMILES string of the molecule is CCC1(C(C)(C)O)CCN2CCc3c([nH]c4ccccc34)C2C1. The van der Waals surface area contributed by atoms with Crippen LogP contribution in [-0.2, 0) is 6.42 Å². The van der Waals surface area contributed by atoms with Crippen molar-refractivity contribution >= 4 is 10.9 Å². The molecule has 1 saturated heterocycles. The predicted molar refractivity (Wildman–Crippen MR) is 94.6 cm³/mol. The molecule has 0 amide bonds. The van der Waals surface area contributed by atoms with Crippen LogP contribution >= 0.6 is 0 Å². The molecule has 0 aliphatic carbocycles. The van der Waals surface area contributed by atoms with Gasteiger partial charge in [-0.25, -0.2) is 0 Å². The number of para-hydroxylation sites is 1. The van der Waals surface area contributed by atoms with Crippen LogP contribution in [0.15, 0.2) is 24.3 Å². The minimum Gasteiger partial charge on any atom is -0.390 e. The number of hydrogen-bond acceptors (Lipinski definition) is 2. The van der Waals surface area contributed by atoms with Gasteiger partial charge >= 0.3 is 0 Å². The summed E-state index contributed by atoms with van der Waals surface area (Å²) < 4.78 is 0. The van der Waals surface area contributed by atoms with Gasteiger partial charge in [0.15, 0.2) is 0 Å². The molecular formula is C20H28N2O. The third-order valence-corrected chi connectivity index (χ3v) is 6.71. The Morgan fingerprint density at radius 3 is 2.83 bits per heavy atom. The van der Waals surface area contributed by atoms with Crippen LogP contribution in [0.2, 0.25) is 0 Å². The Hall–Kier alpha value is -1.32. The molecule has 4 rings (SSSR count). The second-order valence-electron chi connectivity index (χ2n) is 8.01. The first-order chi connectivity index (χ1) is 11.0. The van der Waals surface area contributed by atoms with Crippen LogP contribution in [0.1, 0.15) is 57.3 Å². The first kappa shape index (κ1) is 15.2. The van der Waals surface area contributed by atoms with Crippen molar-refractivity contribution in [1.29, 1.82) is 0 Å². The van der Waals surface area contributed by atoms with Gasteiger partial charge in [0.1, 0.15) is 0 Å². The summed E-state index contributed by atoms with van der Waals surface area (Å²) in [6.07, 6.45) is 4.32. The van der Waals surface area contributed by atoms with Crippen molar-refractivity contribution in [1.82, 2.24) is 9.88 Å². The lowest BCUT2D eigenvalue weighted by molar-refractivity contribution is -0.108. The monoisotopic (exact) mass is 312 g/mol. The van der Waals surface area contributed by atoms with Crippen molar-refractivity contribution in [3.8, 4) is 0 Å². The molecule has 0 radical (unpaired) electrons. The van der Waals surface area contributed by atoms with Crippen LogP contribution in [-0.4, -0.2) is 33.7 Å². The molecule has 0 spiro atoms. The van der Waals surface area contributed by atoms with E-state index in [4.69, 9.17) is 0 Å². The van der Waals surface area contributed by atoms with Crippen molar-refractivity contribution in [3.05, 3.63) is 35.5 Å². The number of fused-ring (bicyclic) bond motifs is 5. The molecule has 2 atom stereocenters. The third kappa shape index (κ3) is 2.17. The van der Waals surface area contributed by atoms with Crippen molar-refractivity contribution in [2.75, 3.05) is 13.1 Å². The Balaban J connectivity index is 1.79. The molecule has 2 unspecified atom stereocenters. The van der Waals surface area contributed by atoms with E-state index in [9.17, 15) is 5.11 Å². The van der Waals surface area contributed by atoms with Gasteiger partial charge in [-0.15, -0.1) is 0 Å². The Labute approximate surface area is 138 Å². The predicted octanol–water partition coefficient (Wildman–Crippen LogP) is 4.03. The standard InChI is InChI=1S/C20H28N2O/c1-4-20(19(2,3)23)10-12-22-11-9-15-14-7-5-6-8-16(14)21-18(15)17(22)13-20/h5-8,17,21,23H,4,9-13H2,1-3H3. The van der Waals surface area contributed by atoms with Crippen LogP contribution < -0.4 is 0 Å². The fraction of sp³-hybridized carbons (Fsp3) is 0.600. The zero-order valence-corrected chi connectivity index (χ0v) is 14.5. The van der Waals surface area contributed by atoms with Crippen LogP contribution in [0.4, 0.5) is 0 Å². The molecule has 124 valence electrons. The van der Waals surface area contributed by atoms with Crippen molar-refractivity contribution in [2.24, 2.45) is 5.41 Å². The highest BCUT2D eigenvalue weighted by molar-refractivity contribution is 5.85. The zero-order valence-electron chi connectivity index (χ0n) is 14.5. The van der Waals surface area contributed by atoms with Crippen molar-refractivity contribution < 1.29 is 5.11 Å². The van der Waals surface area contributed by atoms with Gasteiger partial charge in [0.05, 0.1) is 11.6 Å². The molecule has 2 aromatic rings. The molecule has 3 heterocycles. The van der Waals surface area contributed by atoms with Gasteiger partial charge < -0.3 is 10.1 Å². The summed E-state index contributed by atoms with van der Waals surface area (Å²) >= 11 is 0. The summed E-state index contributed by atoms with van der Waals surface area (Å²) in [5.74, 6) is 0. The molecule has 0 bridgehead atoms. The fourth-order valence-corrected chi connectivity index (χ4v) is 5.01. The second-order valence-corrected chi connectivity index (χ2v) is 8.01. The molecule has 2 aliphatic rings. The quantitative estimate of drug-likeness (QED) is 0.879. The molecule has 2 N–H and O–H groups in total. The number of nitrogens with one attached hydrogen (secondary N) is 1. The van der Waals surface area contributed by atoms with Gasteiger partial charge in [-0.1, -0.05) is 25.1 Å². The maximum absolute atomic E-state index is 10.8. The van der Waals surface area contributed by atoms with Gasteiger partial charge in [-0.05, 0) is 57.7 Å². The number of nitrogens with zero attached hydrogens (tertiary/aromatic N) is 1. The van der Waals surface area contributed by atoms with E-state index < -0.39 is 5.60 Å². The second kappa shape index (κ2) is 5.09. The van der Waals surface area contributed by atoms with E-state index in [0.29, 0.717) is 6.04 Å². The lowest BCUT2D eigenvalue weighted by Crippen LogP contribution is -2.53. The number of rotatable bonds is 2. The molecule has 1 fully saturated rings. The molecule has 3 nitrogen and oxygen atoms in total. The zero-order chi connectivity index (χ0) is 16.2. The number of benzene rings is 1. The highest BCUT2D eigenvalue weighted by Crippen LogP contribution is 2.52. The van der Waals surface area contributed by atoms with Crippen molar-refractivity contribution in [3.63, 3.8) is 0 Å². The van der Waals surface area contributed by atoms with Gasteiger partial charge in [0, 0.05) is 28.6 Å². The van der Waals surface area contributed by atoms with Gasteiger partial charge in [-0.2, -0.15) is 0 Å². The average Bonchev–Trinajstić information content (AvgIpc) is 2.92. The van der Waals surface area contributed by atoms with E-state index in [1.54, 1.807) is 0 Å². The van der Waals surface area contributed by atoms with E-state index in [0.717, 1.165) is 38.8 Å². The summed E-state index contributed by atoms with van der Waals surface area (Å²) in [5, 5.41) is 12.2. The molecule has 2 aliphatic heterocycles. The van der Waals surface area contributed by atoms with Crippen molar-refractivity contribution in [2.45, 2.75) is 58.1 Å². The normalized spacial score (nSPS) is 28.6. The summed E-state index contributed by atoms with van der Waals surface area (Å²) in [7, 11) is 0. The third-order valence-electron chi connectivity index (χ3n) is 6.71. The average molecular weight is 312 g/mol. The largest absolute Gasteiger partial charge is 0.390 e. The molecule has 3 heteroatoms. The van der Waals surface area contributed by atoms with E-state index in [2.05, 4.69) is 41.1 Å². The number of aromatic nitrogens is 1. The van der Waals surface area contributed by atoms with Gasteiger partial charge in [-0.3, -0.25) is 4.90 Å². The summed E-state index contributed by atoms with van der Waals surface area (Å²) in [6.45, 7) is 8.48. The minimum absolute atomic E-state index is 0.0140. The van der Waals surface area contributed by atoms with Crippen LogP contribution in [0.25, 0.3) is 10.9 Å². The van der Waals surface area contributed by atoms with E-state index in [1.807, 2.05) is 13.8 Å². The molecule has 1 aromatic heterocycles. The summed E-state index contributed by atoms with van der Waals surface area (Å²) in [6, 6.07) is 9.09. The molecule has 0 saturated carbocycles. The maximum Gasteiger partial charge on any atom is 0.0648 e. The fourth-order valence-electron chi connectivity index (χ4n) is 5.01. The van der Waals surface area contributed by atoms with E-state index in [-0.39, 0.29) is 5.41 Å². The highest BCUT2D eigenvalue weighted by Gasteiger charge is 2.49. The van der Waals surface area contributed by atoms with E-state index >= 15 is 0 Å². The lowest BCUT2D eigenvalue weighted by Gasteiger charge is -2.53.